The fourth-order valence-electron chi connectivity index (χ4n) is 8.47. The van der Waals surface area contributed by atoms with Crippen LogP contribution in [0.2, 0.25) is 0 Å². The van der Waals surface area contributed by atoms with Crippen LogP contribution in [0.1, 0.15) is 0 Å². The minimum atomic E-state index is 0.889. The quantitative estimate of drug-likeness (QED) is 0.170. The van der Waals surface area contributed by atoms with Crippen LogP contribution in [-0.2, 0) is 0 Å². The Balaban J connectivity index is 1.13. The van der Waals surface area contributed by atoms with Crippen LogP contribution >= 0.6 is 11.3 Å². The molecule has 0 unspecified atom stereocenters. The van der Waals surface area contributed by atoms with Crippen molar-refractivity contribution in [3.05, 3.63) is 200 Å². The van der Waals surface area contributed by atoms with Crippen LogP contribution in [0.25, 0.3) is 86.3 Å². The first-order chi connectivity index (χ1) is 27.3. The van der Waals surface area contributed by atoms with Crippen molar-refractivity contribution >= 4 is 81.3 Å². The third-order valence-corrected chi connectivity index (χ3v) is 12.0. The normalized spacial score (nSPS) is 11.6. The fourth-order valence-corrected chi connectivity index (χ4v) is 9.59. The molecular weight excluding hydrogens is 687 g/mol. The Bertz CT molecular complexity index is 3220. The monoisotopic (exact) mass is 719 g/mol. The lowest BCUT2D eigenvalue weighted by Crippen LogP contribution is -2.11. The molecule has 0 fully saturated rings. The van der Waals surface area contributed by atoms with E-state index in [1.54, 1.807) is 0 Å². The average Bonchev–Trinajstić information content (AvgIpc) is 3.83. The second kappa shape index (κ2) is 12.9. The number of fused-ring (bicyclic) bond motifs is 7. The molecule has 2 nitrogen and oxygen atoms in total. The lowest BCUT2D eigenvalue weighted by molar-refractivity contribution is 0.669. The van der Waals surface area contributed by atoms with Gasteiger partial charge in [0.25, 0.3) is 0 Å². The van der Waals surface area contributed by atoms with Gasteiger partial charge in [-0.05, 0) is 87.1 Å². The second-order valence-electron chi connectivity index (χ2n) is 14.0. The third-order valence-electron chi connectivity index (χ3n) is 10.9. The molecule has 2 aromatic heterocycles. The lowest BCUT2D eigenvalue weighted by Gasteiger charge is -2.29. The molecule has 258 valence electrons. The Hall–Kier alpha value is -6.94. The summed E-state index contributed by atoms with van der Waals surface area (Å²) in [7, 11) is 0. The molecule has 0 aliphatic heterocycles. The Kier molecular flexibility index (Phi) is 7.39. The number of thiophene rings is 1. The summed E-state index contributed by atoms with van der Waals surface area (Å²) in [5.41, 5.74) is 12.3. The van der Waals surface area contributed by atoms with Crippen LogP contribution in [0.5, 0.6) is 0 Å². The number of benzene rings is 9. The Labute approximate surface area is 322 Å². The number of hydrogen-bond donors (Lipinski definition) is 0. The molecule has 0 aliphatic carbocycles. The van der Waals surface area contributed by atoms with Crippen LogP contribution in [0.4, 0.5) is 17.1 Å². The zero-order valence-electron chi connectivity index (χ0n) is 29.8. The van der Waals surface area contributed by atoms with E-state index in [0.29, 0.717) is 0 Å². The van der Waals surface area contributed by atoms with E-state index in [2.05, 4.69) is 199 Å². The van der Waals surface area contributed by atoms with E-state index in [-0.39, 0.29) is 0 Å². The molecule has 11 aromatic rings. The van der Waals surface area contributed by atoms with E-state index in [1.165, 1.54) is 53.2 Å². The van der Waals surface area contributed by atoms with Crippen molar-refractivity contribution in [2.75, 3.05) is 4.90 Å². The molecule has 0 saturated carbocycles. The topological polar surface area (TPSA) is 16.4 Å². The minimum Gasteiger partial charge on any atom is -0.456 e. The average molecular weight is 720 g/mol. The molecule has 0 atom stereocenters. The molecule has 55 heavy (non-hydrogen) atoms. The summed E-state index contributed by atoms with van der Waals surface area (Å²) >= 11 is 1.85. The van der Waals surface area contributed by atoms with Gasteiger partial charge in [-0.25, -0.2) is 0 Å². The summed E-state index contributed by atoms with van der Waals surface area (Å²) in [6.07, 6.45) is 0. The fraction of sp³-hybridized carbons (Fsp3) is 0. The molecule has 0 amide bonds. The maximum Gasteiger partial charge on any atom is 0.136 e. The lowest BCUT2D eigenvalue weighted by atomic mass is 9.91. The van der Waals surface area contributed by atoms with Gasteiger partial charge in [-0.2, -0.15) is 0 Å². The maximum absolute atomic E-state index is 6.39. The highest BCUT2D eigenvalue weighted by molar-refractivity contribution is 7.26. The van der Waals surface area contributed by atoms with Gasteiger partial charge >= 0.3 is 0 Å². The van der Waals surface area contributed by atoms with E-state index in [4.69, 9.17) is 4.42 Å². The van der Waals surface area contributed by atoms with Gasteiger partial charge in [0.15, 0.2) is 0 Å². The molecule has 0 bridgehead atoms. The van der Waals surface area contributed by atoms with Crippen molar-refractivity contribution in [1.29, 1.82) is 0 Å². The first kappa shape index (κ1) is 31.6. The van der Waals surface area contributed by atoms with Gasteiger partial charge in [0.05, 0.1) is 11.4 Å². The van der Waals surface area contributed by atoms with E-state index in [9.17, 15) is 0 Å². The molecule has 0 spiro atoms. The SMILES string of the molecule is c1ccc(-c2cccc3ccccc23)c(-c2ccc(N(c3ccccc3-c3cccc4oc5ccccc5c34)c3cccc4sc5ccccc5c34)cc2)c1. The van der Waals surface area contributed by atoms with Gasteiger partial charge in [0.2, 0.25) is 0 Å². The zero-order chi connectivity index (χ0) is 36.3. The largest absolute Gasteiger partial charge is 0.456 e. The highest BCUT2D eigenvalue weighted by atomic mass is 32.1. The Morgan fingerprint density at radius 3 is 1.82 bits per heavy atom. The second-order valence-corrected chi connectivity index (χ2v) is 15.1. The van der Waals surface area contributed by atoms with Gasteiger partial charge in [-0.1, -0.05) is 152 Å². The predicted molar refractivity (Wildman–Crippen MR) is 235 cm³/mol. The highest BCUT2D eigenvalue weighted by Gasteiger charge is 2.23. The third kappa shape index (κ3) is 5.16. The van der Waals surface area contributed by atoms with Gasteiger partial charge in [0.1, 0.15) is 11.2 Å². The number of anilines is 3. The van der Waals surface area contributed by atoms with Crippen LogP contribution < -0.4 is 4.90 Å². The first-order valence-electron chi connectivity index (χ1n) is 18.7. The molecule has 0 aliphatic rings. The molecular formula is C52H33NOS. The first-order valence-corrected chi connectivity index (χ1v) is 19.5. The van der Waals surface area contributed by atoms with Crippen molar-refractivity contribution in [2.45, 2.75) is 0 Å². The summed E-state index contributed by atoms with van der Waals surface area (Å²) in [6, 6.07) is 72.2. The van der Waals surface area contributed by atoms with Crippen molar-refractivity contribution in [2.24, 2.45) is 0 Å². The molecule has 0 radical (unpaired) electrons. The van der Waals surface area contributed by atoms with E-state index in [0.717, 1.165) is 50.1 Å². The molecule has 0 saturated heterocycles. The number of nitrogens with zero attached hydrogens (tertiary/aromatic N) is 1. The molecule has 11 rings (SSSR count). The van der Waals surface area contributed by atoms with Gasteiger partial charge in [-0.3, -0.25) is 0 Å². The van der Waals surface area contributed by atoms with Crippen LogP contribution in [0.3, 0.4) is 0 Å². The van der Waals surface area contributed by atoms with Crippen LogP contribution in [-0.4, -0.2) is 0 Å². The summed E-state index contributed by atoms with van der Waals surface area (Å²) in [6.45, 7) is 0. The number of furan rings is 1. The summed E-state index contributed by atoms with van der Waals surface area (Å²) in [5.74, 6) is 0. The number of hydrogen-bond acceptors (Lipinski definition) is 3. The zero-order valence-corrected chi connectivity index (χ0v) is 30.6. The Morgan fingerprint density at radius 2 is 0.927 bits per heavy atom. The van der Waals surface area contributed by atoms with Crippen molar-refractivity contribution < 1.29 is 4.42 Å². The predicted octanol–water partition coefficient (Wildman–Crippen LogP) is 15.6. The summed E-state index contributed by atoms with van der Waals surface area (Å²) in [5, 5.41) is 7.28. The van der Waals surface area contributed by atoms with Gasteiger partial charge in [0, 0.05) is 42.2 Å². The molecule has 3 heteroatoms. The Morgan fingerprint density at radius 1 is 0.345 bits per heavy atom. The van der Waals surface area contributed by atoms with Gasteiger partial charge in [-0.15, -0.1) is 11.3 Å². The smallest absolute Gasteiger partial charge is 0.136 e. The minimum absolute atomic E-state index is 0.889. The van der Waals surface area contributed by atoms with Crippen molar-refractivity contribution in [3.8, 4) is 33.4 Å². The van der Waals surface area contributed by atoms with Crippen molar-refractivity contribution in [3.63, 3.8) is 0 Å². The summed E-state index contributed by atoms with van der Waals surface area (Å²) in [4.78, 5) is 2.46. The van der Waals surface area contributed by atoms with Gasteiger partial charge < -0.3 is 9.32 Å². The number of para-hydroxylation sites is 2. The molecule has 0 N–H and O–H groups in total. The molecule has 9 aromatic carbocycles. The highest BCUT2D eigenvalue weighted by Crippen LogP contribution is 2.49. The number of rotatable bonds is 6. The van der Waals surface area contributed by atoms with E-state index < -0.39 is 0 Å². The van der Waals surface area contributed by atoms with E-state index in [1.807, 2.05) is 17.4 Å². The van der Waals surface area contributed by atoms with Crippen molar-refractivity contribution in [1.82, 2.24) is 0 Å². The van der Waals surface area contributed by atoms with E-state index >= 15 is 0 Å². The summed E-state index contributed by atoms with van der Waals surface area (Å²) < 4.78 is 8.94. The van der Waals surface area contributed by atoms with Crippen LogP contribution in [0.15, 0.2) is 205 Å². The maximum atomic E-state index is 6.39. The standard InChI is InChI=1S/C52H33NOS/c1-2-16-37-34(14-1)15-11-22-40(37)39-18-4-3-17-38(39)35-30-32-36(33-31-35)53(46-25-13-29-50-52(46)44-21-7-10-28-49(44)55-50)45-24-8-5-19-41(45)42-23-12-27-48-51(42)43-20-6-9-26-47(43)54-48/h1-33H. The molecule has 2 heterocycles. The van der Waals surface area contributed by atoms with Crippen LogP contribution in [0, 0.1) is 0 Å².